The normalized spacial score (nSPS) is 10.7. The molecule has 0 unspecified atom stereocenters. The minimum absolute atomic E-state index is 0.0752. The van der Waals surface area contributed by atoms with Crippen molar-refractivity contribution >= 4 is 5.91 Å². The van der Waals surface area contributed by atoms with Crippen LogP contribution in [0.25, 0.3) is 17.2 Å². The second-order valence-electron chi connectivity index (χ2n) is 6.12. The van der Waals surface area contributed by atoms with E-state index in [-0.39, 0.29) is 12.3 Å². The molecule has 0 fully saturated rings. The number of carbonyl (C=O) groups excluding carboxylic acids is 1. The molecular weight excluding hydrogens is 356 g/mol. The largest absolute Gasteiger partial charge is 0.352 e. The van der Waals surface area contributed by atoms with Gasteiger partial charge in [-0.1, -0.05) is 23.4 Å². The van der Waals surface area contributed by atoms with Crippen molar-refractivity contribution in [3.63, 3.8) is 0 Å². The predicted octanol–water partition coefficient (Wildman–Crippen LogP) is 2.57. The molecular formula is C20H18N6O2. The van der Waals surface area contributed by atoms with Crippen LogP contribution in [0.4, 0.5) is 0 Å². The number of aromatic nitrogens is 5. The first-order valence-corrected chi connectivity index (χ1v) is 8.87. The molecule has 28 heavy (non-hydrogen) atoms. The first-order chi connectivity index (χ1) is 13.8. The fraction of sp³-hybridized carbons (Fsp3) is 0.150. The highest BCUT2D eigenvalue weighted by molar-refractivity contribution is 5.76. The number of amides is 1. The number of rotatable bonds is 7. The van der Waals surface area contributed by atoms with Gasteiger partial charge in [0.15, 0.2) is 0 Å². The molecule has 0 spiro atoms. The van der Waals surface area contributed by atoms with E-state index in [4.69, 9.17) is 4.52 Å². The van der Waals surface area contributed by atoms with E-state index >= 15 is 0 Å². The zero-order valence-electron chi connectivity index (χ0n) is 15.0. The molecule has 0 aliphatic carbocycles. The van der Waals surface area contributed by atoms with Crippen molar-refractivity contribution in [1.82, 2.24) is 30.2 Å². The fourth-order valence-electron chi connectivity index (χ4n) is 2.65. The summed E-state index contributed by atoms with van der Waals surface area (Å²) in [4.78, 5) is 20.5. The van der Waals surface area contributed by atoms with E-state index in [1.165, 1.54) is 0 Å². The van der Waals surface area contributed by atoms with Crippen molar-refractivity contribution in [2.75, 3.05) is 0 Å². The summed E-state index contributed by atoms with van der Waals surface area (Å²) in [6, 6.07) is 15.2. The highest BCUT2D eigenvalue weighted by atomic mass is 16.5. The molecule has 1 N–H and O–H groups in total. The number of carbonyl (C=O) groups is 1. The monoisotopic (exact) mass is 374 g/mol. The molecule has 0 aliphatic heterocycles. The van der Waals surface area contributed by atoms with Crippen molar-refractivity contribution in [3.8, 4) is 17.2 Å². The van der Waals surface area contributed by atoms with Crippen LogP contribution in [0.15, 0.2) is 71.6 Å². The average Bonchev–Trinajstić information content (AvgIpc) is 3.44. The third-order valence-electron chi connectivity index (χ3n) is 4.12. The van der Waals surface area contributed by atoms with E-state index in [0.29, 0.717) is 30.4 Å². The lowest BCUT2D eigenvalue weighted by Gasteiger charge is -2.06. The molecule has 8 heteroatoms. The van der Waals surface area contributed by atoms with Crippen LogP contribution in [-0.4, -0.2) is 30.8 Å². The first-order valence-electron chi connectivity index (χ1n) is 8.87. The van der Waals surface area contributed by atoms with Gasteiger partial charge >= 0.3 is 0 Å². The van der Waals surface area contributed by atoms with E-state index in [0.717, 1.165) is 11.3 Å². The molecule has 0 atom stereocenters. The van der Waals surface area contributed by atoms with E-state index in [9.17, 15) is 4.79 Å². The Labute approximate surface area is 161 Å². The number of nitrogens with zero attached hydrogens (tertiary/aromatic N) is 5. The summed E-state index contributed by atoms with van der Waals surface area (Å²) in [5, 5.41) is 11.0. The first kappa shape index (κ1) is 17.6. The highest BCUT2D eigenvalue weighted by Crippen LogP contribution is 2.13. The molecule has 4 aromatic rings. The van der Waals surface area contributed by atoms with Crippen LogP contribution in [0, 0.1) is 0 Å². The Morgan fingerprint density at radius 1 is 1.07 bits per heavy atom. The van der Waals surface area contributed by atoms with Crippen LogP contribution in [0.5, 0.6) is 0 Å². The van der Waals surface area contributed by atoms with E-state index in [1.807, 2.05) is 48.7 Å². The number of pyridine rings is 1. The molecule has 1 amide bonds. The maximum Gasteiger partial charge on any atom is 0.227 e. The summed E-state index contributed by atoms with van der Waals surface area (Å²) < 4.78 is 6.98. The second-order valence-corrected chi connectivity index (χ2v) is 6.12. The molecule has 1 aromatic carbocycles. The quantitative estimate of drug-likeness (QED) is 0.534. The number of aryl methyl sites for hydroxylation is 1. The summed E-state index contributed by atoms with van der Waals surface area (Å²) in [5.41, 5.74) is 2.63. The van der Waals surface area contributed by atoms with Crippen LogP contribution in [-0.2, 0) is 17.8 Å². The Bertz CT molecular complexity index is 1030. The molecule has 140 valence electrons. The third-order valence-corrected chi connectivity index (χ3v) is 4.12. The maximum atomic E-state index is 12.1. The molecule has 0 bridgehead atoms. The minimum atomic E-state index is -0.0752. The Hall–Kier alpha value is -3.81. The van der Waals surface area contributed by atoms with Gasteiger partial charge in [0.05, 0.1) is 5.69 Å². The lowest BCUT2D eigenvalue weighted by molar-refractivity contribution is -0.121. The lowest BCUT2D eigenvalue weighted by Crippen LogP contribution is -2.23. The van der Waals surface area contributed by atoms with Gasteiger partial charge in [-0.2, -0.15) is 10.1 Å². The van der Waals surface area contributed by atoms with Crippen molar-refractivity contribution in [2.24, 2.45) is 0 Å². The highest BCUT2D eigenvalue weighted by Gasteiger charge is 2.11. The van der Waals surface area contributed by atoms with E-state index < -0.39 is 0 Å². The average molecular weight is 374 g/mol. The van der Waals surface area contributed by atoms with Crippen molar-refractivity contribution in [1.29, 1.82) is 0 Å². The topological polar surface area (TPSA) is 98.7 Å². The summed E-state index contributed by atoms with van der Waals surface area (Å²) in [6.45, 7) is 0.460. The summed E-state index contributed by atoms with van der Waals surface area (Å²) in [5.74, 6) is 0.765. The van der Waals surface area contributed by atoms with Gasteiger partial charge in [0.1, 0.15) is 5.69 Å². The van der Waals surface area contributed by atoms with E-state index in [1.54, 1.807) is 23.1 Å². The van der Waals surface area contributed by atoms with Gasteiger partial charge in [0, 0.05) is 38.0 Å². The van der Waals surface area contributed by atoms with Gasteiger partial charge in [-0.25, -0.2) is 4.68 Å². The molecule has 0 saturated heterocycles. The SMILES string of the molecule is O=C(CCc1nc(-c2ccccn2)no1)NCc1ccc(-n2cccn2)cc1. The maximum absolute atomic E-state index is 12.1. The van der Waals surface area contributed by atoms with Gasteiger partial charge in [-0.05, 0) is 35.9 Å². The third kappa shape index (κ3) is 4.29. The lowest BCUT2D eigenvalue weighted by atomic mass is 10.2. The van der Waals surface area contributed by atoms with Crippen LogP contribution in [0.3, 0.4) is 0 Å². The molecule has 0 aliphatic rings. The van der Waals surface area contributed by atoms with Crippen molar-refractivity contribution in [2.45, 2.75) is 19.4 Å². The Morgan fingerprint density at radius 3 is 2.71 bits per heavy atom. The molecule has 0 radical (unpaired) electrons. The van der Waals surface area contributed by atoms with Crippen LogP contribution in [0.2, 0.25) is 0 Å². The standard InChI is InChI=1S/C20H18N6O2/c27-18(9-10-19-24-20(25-28-19)17-4-1-2-11-21-17)22-14-15-5-7-16(8-6-15)26-13-3-12-23-26/h1-8,11-13H,9-10,14H2,(H,22,27). The van der Waals surface area contributed by atoms with Crippen LogP contribution < -0.4 is 5.32 Å². The van der Waals surface area contributed by atoms with Gasteiger partial charge in [-0.3, -0.25) is 9.78 Å². The zero-order valence-corrected chi connectivity index (χ0v) is 15.0. The molecule has 3 aromatic heterocycles. The fourth-order valence-corrected chi connectivity index (χ4v) is 2.65. The summed E-state index contributed by atoms with van der Waals surface area (Å²) in [7, 11) is 0. The van der Waals surface area contributed by atoms with Gasteiger partial charge in [0.2, 0.25) is 17.6 Å². The van der Waals surface area contributed by atoms with Gasteiger partial charge < -0.3 is 9.84 Å². The second kappa shape index (κ2) is 8.26. The smallest absolute Gasteiger partial charge is 0.227 e. The van der Waals surface area contributed by atoms with Crippen molar-refractivity contribution in [3.05, 3.63) is 78.6 Å². The van der Waals surface area contributed by atoms with Crippen LogP contribution in [0.1, 0.15) is 17.9 Å². The molecule has 0 saturated carbocycles. The van der Waals surface area contributed by atoms with Crippen molar-refractivity contribution < 1.29 is 9.32 Å². The number of benzene rings is 1. The summed E-state index contributed by atoms with van der Waals surface area (Å²) >= 11 is 0. The predicted molar refractivity (Wildman–Crippen MR) is 101 cm³/mol. The summed E-state index contributed by atoms with van der Waals surface area (Å²) in [6.07, 6.45) is 5.93. The Balaban J connectivity index is 1.25. The molecule has 3 heterocycles. The number of nitrogens with one attached hydrogen (secondary N) is 1. The number of hydrogen-bond donors (Lipinski definition) is 1. The Kier molecular flexibility index (Phi) is 5.19. The molecule has 8 nitrogen and oxygen atoms in total. The Morgan fingerprint density at radius 2 is 1.96 bits per heavy atom. The van der Waals surface area contributed by atoms with Gasteiger partial charge in [0.25, 0.3) is 0 Å². The van der Waals surface area contributed by atoms with Crippen LogP contribution >= 0.6 is 0 Å². The minimum Gasteiger partial charge on any atom is -0.352 e. The van der Waals surface area contributed by atoms with E-state index in [2.05, 4.69) is 25.5 Å². The molecule has 4 rings (SSSR count). The zero-order chi connectivity index (χ0) is 19.2. The number of hydrogen-bond acceptors (Lipinski definition) is 6. The van der Waals surface area contributed by atoms with Gasteiger partial charge in [-0.15, -0.1) is 0 Å².